The lowest BCUT2D eigenvalue weighted by atomic mass is 9.84. The van der Waals surface area contributed by atoms with Gasteiger partial charge in [0, 0.05) is 36.4 Å². The Balaban J connectivity index is 1.71. The number of carbonyl (C=O) groups is 1. The Kier molecular flexibility index (Phi) is 5.84. The van der Waals surface area contributed by atoms with Crippen molar-refractivity contribution in [2.45, 2.75) is 44.3 Å². The van der Waals surface area contributed by atoms with Gasteiger partial charge in [-0.15, -0.1) is 0 Å². The van der Waals surface area contributed by atoms with Gasteiger partial charge < -0.3 is 19.5 Å². The first kappa shape index (κ1) is 23.4. The lowest BCUT2D eigenvalue weighted by Crippen LogP contribution is -2.41. The summed E-state index contributed by atoms with van der Waals surface area (Å²) < 4.78 is 0. The van der Waals surface area contributed by atoms with Crippen LogP contribution < -0.4 is 14.7 Å². The maximum absolute atomic E-state index is 11.9. The summed E-state index contributed by atoms with van der Waals surface area (Å²) in [7, 11) is 4.03. The molecule has 0 spiro atoms. The molecule has 2 aromatic carbocycles. The van der Waals surface area contributed by atoms with E-state index < -0.39 is 5.54 Å². The van der Waals surface area contributed by atoms with Gasteiger partial charge in [-0.2, -0.15) is 0 Å². The molecule has 3 aromatic rings. The number of hydrogen-bond acceptors (Lipinski definition) is 5. The number of aromatic nitrogens is 1. The number of halogens is 1. The molecule has 6 heteroatoms. The van der Waals surface area contributed by atoms with E-state index in [0.717, 1.165) is 53.3 Å². The van der Waals surface area contributed by atoms with E-state index in [-0.39, 0.29) is 6.04 Å². The van der Waals surface area contributed by atoms with Gasteiger partial charge >= 0.3 is 0 Å². The van der Waals surface area contributed by atoms with Gasteiger partial charge in [-0.25, -0.2) is 4.98 Å². The third kappa shape index (κ3) is 3.79. The fourth-order valence-corrected chi connectivity index (χ4v) is 5.43. The predicted molar refractivity (Wildman–Crippen MR) is 145 cm³/mol. The highest BCUT2D eigenvalue weighted by Crippen LogP contribution is 2.51. The van der Waals surface area contributed by atoms with Crippen molar-refractivity contribution in [2.75, 3.05) is 28.8 Å². The quantitative estimate of drug-likeness (QED) is 0.377. The average Bonchev–Trinajstić information content (AvgIpc) is 3.66. The number of nitrogens with zero attached hydrogens (tertiary/aromatic N) is 4. The van der Waals surface area contributed by atoms with Gasteiger partial charge in [-0.05, 0) is 62.1 Å². The SMILES string of the molecule is C=C1c2ccccc2C(C)(c2ccc(Cl)cc2)N1c1ccc(N(C)C)c(N(C(C)C=O)C2CC2)n1. The van der Waals surface area contributed by atoms with E-state index in [2.05, 4.69) is 70.7 Å². The second kappa shape index (κ2) is 8.72. The Labute approximate surface area is 212 Å². The van der Waals surface area contributed by atoms with Crippen LogP contribution in [0.5, 0.6) is 0 Å². The van der Waals surface area contributed by atoms with Crippen LogP contribution in [0.1, 0.15) is 43.4 Å². The molecule has 5 nitrogen and oxygen atoms in total. The van der Waals surface area contributed by atoms with Crippen LogP contribution in [-0.2, 0) is 10.3 Å². The summed E-state index contributed by atoms with van der Waals surface area (Å²) in [6.45, 7) is 8.66. The smallest absolute Gasteiger partial charge is 0.155 e. The van der Waals surface area contributed by atoms with Crippen molar-refractivity contribution in [2.24, 2.45) is 0 Å². The van der Waals surface area contributed by atoms with E-state index in [1.165, 1.54) is 5.56 Å². The largest absolute Gasteiger partial charge is 0.375 e. The lowest BCUT2D eigenvalue weighted by Gasteiger charge is -2.39. The van der Waals surface area contributed by atoms with Crippen molar-refractivity contribution in [3.8, 4) is 0 Å². The van der Waals surface area contributed by atoms with Crippen molar-refractivity contribution in [1.82, 2.24) is 4.98 Å². The van der Waals surface area contributed by atoms with Crippen LogP contribution in [0.4, 0.5) is 17.3 Å². The first-order valence-electron chi connectivity index (χ1n) is 12.0. The number of hydrogen-bond donors (Lipinski definition) is 0. The maximum atomic E-state index is 11.9. The third-order valence-electron chi connectivity index (χ3n) is 7.26. The van der Waals surface area contributed by atoms with E-state index >= 15 is 0 Å². The Morgan fingerprint density at radius 3 is 2.43 bits per heavy atom. The molecule has 2 unspecified atom stereocenters. The topological polar surface area (TPSA) is 39.7 Å². The molecule has 1 fully saturated rings. The number of anilines is 3. The zero-order chi connectivity index (χ0) is 24.9. The van der Waals surface area contributed by atoms with Gasteiger partial charge in [0.2, 0.25) is 0 Å². The summed E-state index contributed by atoms with van der Waals surface area (Å²) in [5.74, 6) is 1.63. The highest BCUT2D eigenvalue weighted by atomic mass is 35.5. The number of pyridine rings is 1. The number of fused-ring (bicyclic) bond motifs is 1. The summed E-state index contributed by atoms with van der Waals surface area (Å²) in [4.78, 5) is 23.6. The van der Waals surface area contributed by atoms with Crippen molar-refractivity contribution >= 4 is 40.9 Å². The molecule has 1 aliphatic heterocycles. The first-order valence-corrected chi connectivity index (χ1v) is 12.4. The normalized spacial score (nSPS) is 19.9. The van der Waals surface area contributed by atoms with Crippen LogP contribution in [0.3, 0.4) is 0 Å². The molecule has 0 bridgehead atoms. The molecule has 0 radical (unpaired) electrons. The predicted octanol–water partition coefficient (Wildman–Crippen LogP) is 6.11. The molecule has 0 N–H and O–H groups in total. The highest BCUT2D eigenvalue weighted by molar-refractivity contribution is 6.30. The highest BCUT2D eigenvalue weighted by Gasteiger charge is 2.46. The molecule has 1 saturated carbocycles. The van der Waals surface area contributed by atoms with Crippen molar-refractivity contribution in [3.05, 3.63) is 89.0 Å². The van der Waals surface area contributed by atoms with E-state index in [1.54, 1.807) is 0 Å². The summed E-state index contributed by atoms with van der Waals surface area (Å²) in [6.07, 6.45) is 3.15. The van der Waals surface area contributed by atoms with Gasteiger partial charge in [0.05, 0.1) is 17.3 Å². The molecular formula is C29H31ClN4O. The molecule has 5 rings (SSSR count). The van der Waals surface area contributed by atoms with Crippen LogP contribution in [-0.4, -0.2) is 37.4 Å². The molecule has 2 atom stereocenters. The number of rotatable bonds is 7. The van der Waals surface area contributed by atoms with E-state index in [9.17, 15) is 4.79 Å². The minimum absolute atomic E-state index is 0.259. The van der Waals surface area contributed by atoms with Crippen LogP contribution in [0, 0.1) is 0 Å². The Bertz CT molecular complexity index is 1280. The monoisotopic (exact) mass is 486 g/mol. The van der Waals surface area contributed by atoms with Crippen molar-refractivity contribution < 1.29 is 4.79 Å². The van der Waals surface area contributed by atoms with E-state index in [4.69, 9.17) is 16.6 Å². The fourth-order valence-electron chi connectivity index (χ4n) is 5.31. The fraction of sp³-hybridized carbons (Fsp3) is 0.310. The van der Waals surface area contributed by atoms with Crippen LogP contribution in [0.15, 0.2) is 67.2 Å². The summed E-state index contributed by atoms with van der Waals surface area (Å²) in [6, 6.07) is 20.6. The van der Waals surface area contributed by atoms with Crippen LogP contribution in [0.2, 0.25) is 5.02 Å². The zero-order valence-electron chi connectivity index (χ0n) is 20.7. The molecule has 2 aliphatic rings. The summed E-state index contributed by atoms with van der Waals surface area (Å²) in [5.41, 5.74) is 4.75. The van der Waals surface area contributed by atoms with Gasteiger partial charge in [0.25, 0.3) is 0 Å². The molecule has 35 heavy (non-hydrogen) atoms. The Hall–Kier alpha value is -3.31. The number of aldehydes is 1. The lowest BCUT2D eigenvalue weighted by molar-refractivity contribution is -0.108. The molecule has 2 heterocycles. The van der Waals surface area contributed by atoms with Crippen molar-refractivity contribution in [1.29, 1.82) is 0 Å². The second-order valence-electron chi connectivity index (χ2n) is 9.83. The average molecular weight is 487 g/mol. The standard InChI is InChI=1S/C29H31ClN4O/c1-19(18-35)33(23-14-15-23)28-26(32(4)5)16-17-27(31-28)34-20(2)24-8-6-7-9-25(24)29(34,3)21-10-12-22(30)13-11-21/h6-13,16-19,23H,2,14-15H2,1,3-5H3. The van der Waals surface area contributed by atoms with Gasteiger partial charge in [-0.3, -0.25) is 0 Å². The van der Waals surface area contributed by atoms with E-state index in [0.29, 0.717) is 11.1 Å². The van der Waals surface area contributed by atoms with Gasteiger partial charge in [0.15, 0.2) is 5.82 Å². The Morgan fingerprint density at radius 1 is 1.11 bits per heavy atom. The zero-order valence-corrected chi connectivity index (χ0v) is 21.5. The molecule has 0 saturated heterocycles. The Morgan fingerprint density at radius 2 is 1.80 bits per heavy atom. The van der Waals surface area contributed by atoms with Crippen LogP contribution in [0.25, 0.3) is 5.70 Å². The summed E-state index contributed by atoms with van der Waals surface area (Å²) in [5, 5.41) is 0.702. The maximum Gasteiger partial charge on any atom is 0.155 e. The van der Waals surface area contributed by atoms with E-state index in [1.807, 2.05) is 39.2 Å². The minimum Gasteiger partial charge on any atom is -0.375 e. The molecule has 1 aliphatic carbocycles. The van der Waals surface area contributed by atoms with Gasteiger partial charge in [0.1, 0.15) is 12.1 Å². The second-order valence-corrected chi connectivity index (χ2v) is 10.3. The van der Waals surface area contributed by atoms with Crippen LogP contribution >= 0.6 is 11.6 Å². The number of carbonyl (C=O) groups excluding carboxylic acids is 1. The summed E-state index contributed by atoms with van der Waals surface area (Å²) >= 11 is 6.25. The van der Waals surface area contributed by atoms with Crippen molar-refractivity contribution in [3.63, 3.8) is 0 Å². The first-order chi connectivity index (χ1) is 16.8. The number of benzene rings is 2. The molecular weight excluding hydrogens is 456 g/mol. The molecule has 0 amide bonds. The third-order valence-corrected chi connectivity index (χ3v) is 7.51. The minimum atomic E-state index is -0.525. The molecule has 180 valence electrons. The molecule has 1 aromatic heterocycles. The van der Waals surface area contributed by atoms with Gasteiger partial charge in [-0.1, -0.05) is 54.6 Å².